The van der Waals surface area contributed by atoms with Crippen molar-refractivity contribution in [1.82, 2.24) is 0 Å². The molecule has 3 nitrogen and oxygen atoms in total. The maximum Gasteiger partial charge on any atom is 0.332 e. The largest absolute Gasteiger partial charge is 0.508 e. The van der Waals surface area contributed by atoms with Crippen molar-refractivity contribution in [1.29, 1.82) is 0 Å². The summed E-state index contributed by atoms with van der Waals surface area (Å²) in [4.78, 5) is 10.2. The zero-order valence-corrected chi connectivity index (χ0v) is 13.0. The number of aliphatic carboxylic acids is 1. The molecule has 0 fully saturated rings. The van der Waals surface area contributed by atoms with Crippen LogP contribution in [-0.2, 0) is 4.79 Å². The van der Waals surface area contributed by atoms with Crippen molar-refractivity contribution in [2.75, 3.05) is 0 Å². The average molecular weight is 292 g/mol. The first-order valence-corrected chi connectivity index (χ1v) is 7.80. The molecule has 0 aliphatic rings. The third kappa shape index (κ3) is 16.2. The molecule has 0 aromatic rings. The Morgan fingerprint density at radius 3 is 2.14 bits per heavy atom. The normalized spacial score (nSPS) is 12.9. The van der Waals surface area contributed by atoms with Gasteiger partial charge in [-0.25, -0.2) is 4.79 Å². The van der Waals surface area contributed by atoms with Gasteiger partial charge in [-0.1, -0.05) is 75.8 Å². The van der Waals surface area contributed by atoms with Gasteiger partial charge in [0.15, 0.2) is 0 Å². The van der Waals surface area contributed by atoms with Crippen molar-refractivity contribution in [3.8, 4) is 0 Å². The van der Waals surface area contributed by atoms with Crippen LogP contribution in [0.15, 0.2) is 48.3 Å². The lowest BCUT2D eigenvalue weighted by atomic mass is 10.1. The molecule has 2 N–H and O–H groups in total. The summed E-state index contributed by atoms with van der Waals surface area (Å²) in [6.45, 7) is 2.23. The van der Waals surface area contributed by atoms with Gasteiger partial charge in [0.25, 0.3) is 0 Å². The molecule has 21 heavy (non-hydrogen) atoms. The van der Waals surface area contributed by atoms with E-state index in [1.54, 1.807) is 12.2 Å². The predicted octanol–water partition coefficient (Wildman–Crippen LogP) is 5.32. The molecule has 0 aromatic carbocycles. The molecule has 0 spiro atoms. The quantitative estimate of drug-likeness (QED) is 0.221. The average Bonchev–Trinajstić information content (AvgIpc) is 2.43. The van der Waals surface area contributed by atoms with Crippen molar-refractivity contribution >= 4 is 5.97 Å². The minimum atomic E-state index is -1.16. The zero-order chi connectivity index (χ0) is 15.8. The second-order valence-corrected chi connectivity index (χ2v) is 4.99. The van der Waals surface area contributed by atoms with Gasteiger partial charge in [-0.15, -0.1) is 0 Å². The molecule has 0 atom stereocenters. The van der Waals surface area contributed by atoms with Crippen LogP contribution < -0.4 is 0 Å². The number of rotatable bonds is 12. The fraction of sp³-hybridized carbons (Fsp3) is 0.500. The number of aliphatic hydroxyl groups excluding tert-OH is 1. The number of hydrogen-bond donors (Lipinski definition) is 2. The SMILES string of the molecule is CCCCCCCCCC=CC=CC=CC(O)=CC(=O)O. The minimum Gasteiger partial charge on any atom is -0.508 e. The third-order valence-corrected chi connectivity index (χ3v) is 2.98. The van der Waals surface area contributed by atoms with Crippen LogP contribution in [0.2, 0.25) is 0 Å². The predicted molar refractivity (Wildman–Crippen MR) is 88.4 cm³/mol. The van der Waals surface area contributed by atoms with E-state index in [2.05, 4.69) is 13.0 Å². The summed E-state index contributed by atoms with van der Waals surface area (Å²) >= 11 is 0. The van der Waals surface area contributed by atoms with E-state index in [0.29, 0.717) is 0 Å². The minimum absolute atomic E-state index is 0.265. The Hall–Kier alpha value is -1.77. The van der Waals surface area contributed by atoms with Crippen LogP contribution in [0, 0.1) is 0 Å². The van der Waals surface area contributed by atoms with Crippen LogP contribution in [0.25, 0.3) is 0 Å². The van der Waals surface area contributed by atoms with E-state index in [4.69, 9.17) is 10.2 Å². The summed E-state index contributed by atoms with van der Waals surface area (Å²) in [7, 11) is 0. The zero-order valence-electron chi connectivity index (χ0n) is 13.0. The summed E-state index contributed by atoms with van der Waals surface area (Å²) in [6, 6.07) is 0. The van der Waals surface area contributed by atoms with E-state index in [1.807, 2.05) is 12.2 Å². The van der Waals surface area contributed by atoms with Gasteiger partial charge in [0, 0.05) is 0 Å². The van der Waals surface area contributed by atoms with Crippen molar-refractivity contribution in [3.05, 3.63) is 48.3 Å². The monoisotopic (exact) mass is 292 g/mol. The second-order valence-electron chi connectivity index (χ2n) is 4.99. The molecular weight excluding hydrogens is 264 g/mol. The Balaban J connectivity index is 3.57. The lowest BCUT2D eigenvalue weighted by molar-refractivity contribution is -0.131. The molecule has 0 aromatic heterocycles. The highest BCUT2D eigenvalue weighted by atomic mass is 16.4. The van der Waals surface area contributed by atoms with Gasteiger partial charge in [0.2, 0.25) is 0 Å². The highest BCUT2D eigenvalue weighted by Crippen LogP contribution is 2.08. The van der Waals surface area contributed by atoms with E-state index >= 15 is 0 Å². The Morgan fingerprint density at radius 1 is 0.857 bits per heavy atom. The standard InChI is InChI=1S/C18H28O3/c1-2-3-4-5-6-7-8-9-10-11-12-13-14-15-17(19)16-18(20)21/h10-16,19H,2-9H2,1H3,(H,20,21). The van der Waals surface area contributed by atoms with Crippen molar-refractivity contribution in [2.24, 2.45) is 0 Å². The molecule has 0 amide bonds. The van der Waals surface area contributed by atoms with Crippen molar-refractivity contribution < 1.29 is 15.0 Å². The highest BCUT2D eigenvalue weighted by molar-refractivity contribution is 5.80. The van der Waals surface area contributed by atoms with Crippen LogP contribution in [-0.4, -0.2) is 16.2 Å². The number of hydrogen-bond acceptors (Lipinski definition) is 2. The van der Waals surface area contributed by atoms with Crippen molar-refractivity contribution in [2.45, 2.75) is 58.3 Å². The first kappa shape index (κ1) is 19.2. The number of carboxylic acids is 1. The second kappa shape index (κ2) is 14.6. The van der Waals surface area contributed by atoms with Crippen LogP contribution >= 0.6 is 0 Å². The van der Waals surface area contributed by atoms with Gasteiger partial charge in [-0.2, -0.15) is 0 Å². The first-order chi connectivity index (χ1) is 10.2. The van der Waals surface area contributed by atoms with Gasteiger partial charge >= 0.3 is 5.97 Å². The molecule has 0 heterocycles. The Morgan fingerprint density at radius 2 is 1.48 bits per heavy atom. The Kier molecular flexibility index (Phi) is 13.4. The lowest BCUT2D eigenvalue weighted by Gasteiger charge is -1.98. The summed E-state index contributed by atoms with van der Waals surface area (Å²) in [5, 5.41) is 17.5. The summed E-state index contributed by atoms with van der Waals surface area (Å²) < 4.78 is 0. The van der Waals surface area contributed by atoms with E-state index in [0.717, 1.165) is 12.5 Å². The maximum atomic E-state index is 10.2. The molecule has 0 radical (unpaired) electrons. The summed E-state index contributed by atoms with van der Waals surface area (Å²) in [6.07, 6.45) is 21.8. The van der Waals surface area contributed by atoms with E-state index in [9.17, 15) is 4.79 Å². The van der Waals surface area contributed by atoms with Gasteiger partial charge < -0.3 is 10.2 Å². The van der Waals surface area contributed by atoms with Crippen LogP contribution in [0.3, 0.4) is 0 Å². The molecular formula is C18H28O3. The molecule has 0 aliphatic carbocycles. The van der Waals surface area contributed by atoms with Gasteiger partial charge in [-0.05, 0) is 18.9 Å². The van der Waals surface area contributed by atoms with Crippen LogP contribution in [0.5, 0.6) is 0 Å². The van der Waals surface area contributed by atoms with Gasteiger partial charge in [0.05, 0.1) is 6.08 Å². The molecule has 0 bridgehead atoms. The van der Waals surface area contributed by atoms with Crippen LogP contribution in [0.1, 0.15) is 58.3 Å². The number of aliphatic hydroxyl groups is 1. The molecule has 0 rings (SSSR count). The van der Waals surface area contributed by atoms with E-state index in [-0.39, 0.29) is 5.76 Å². The maximum absolute atomic E-state index is 10.2. The van der Waals surface area contributed by atoms with Crippen LogP contribution in [0.4, 0.5) is 0 Å². The number of allylic oxidation sites excluding steroid dienone is 6. The molecule has 0 saturated heterocycles. The first-order valence-electron chi connectivity index (χ1n) is 7.80. The topological polar surface area (TPSA) is 57.5 Å². The molecule has 0 unspecified atom stereocenters. The Bertz CT molecular complexity index is 376. The highest BCUT2D eigenvalue weighted by Gasteiger charge is 1.90. The smallest absolute Gasteiger partial charge is 0.332 e. The van der Waals surface area contributed by atoms with Gasteiger partial charge in [-0.3, -0.25) is 0 Å². The fourth-order valence-corrected chi connectivity index (χ4v) is 1.85. The summed E-state index contributed by atoms with van der Waals surface area (Å²) in [5.74, 6) is -1.42. The van der Waals surface area contributed by atoms with E-state index < -0.39 is 5.97 Å². The molecule has 0 aliphatic heterocycles. The van der Waals surface area contributed by atoms with E-state index in [1.165, 1.54) is 51.0 Å². The number of carboxylic acid groups (broad SMARTS) is 1. The van der Waals surface area contributed by atoms with Crippen molar-refractivity contribution in [3.63, 3.8) is 0 Å². The molecule has 3 heteroatoms. The molecule has 0 saturated carbocycles. The number of unbranched alkanes of at least 4 members (excludes halogenated alkanes) is 7. The lowest BCUT2D eigenvalue weighted by Crippen LogP contribution is -1.89. The molecule has 118 valence electrons. The summed E-state index contributed by atoms with van der Waals surface area (Å²) in [5.41, 5.74) is 0. The third-order valence-electron chi connectivity index (χ3n) is 2.98. The Labute approximate surface area is 128 Å². The number of carbonyl (C=O) groups is 1. The fourth-order valence-electron chi connectivity index (χ4n) is 1.85. The van der Waals surface area contributed by atoms with Gasteiger partial charge in [0.1, 0.15) is 5.76 Å².